The average Bonchev–Trinajstić information content (AvgIpc) is 2.52. The van der Waals surface area contributed by atoms with Crippen molar-refractivity contribution in [1.82, 2.24) is 10.2 Å². The molecule has 1 aliphatic rings. The highest BCUT2D eigenvalue weighted by molar-refractivity contribution is 14.0. The van der Waals surface area contributed by atoms with Crippen molar-refractivity contribution < 1.29 is 0 Å². The van der Waals surface area contributed by atoms with Gasteiger partial charge in [-0.05, 0) is 19.8 Å². The fraction of sp³-hybridized carbons (Fsp3) is 0.875. The highest BCUT2D eigenvalue weighted by Crippen LogP contribution is 2.06. The van der Waals surface area contributed by atoms with Crippen LogP contribution in [0.4, 0.5) is 0 Å². The Bertz CT molecular complexity index is 141. The zero-order chi connectivity index (χ0) is 8.10. The maximum Gasteiger partial charge on any atom is 0.193 e. The lowest BCUT2D eigenvalue weighted by molar-refractivity contribution is 0.496. The van der Waals surface area contributed by atoms with E-state index in [1.807, 2.05) is 7.05 Å². The van der Waals surface area contributed by atoms with Crippen molar-refractivity contribution in [2.24, 2.45) is 4.99 Å². The molecule has 1 fully saturated rings. The van der Waals surface area contributed by atoms with Gasteiger partial charge in [0, 0.05) is 26.7 Å². The predicted molar refractivity (Wildman–Crippen MR) is 63.3 cm³/mol. The monoisotopic (exact) mass is 283 g/mol. The van der Waals surface area contributed by atoms with Gasteiger partial charge in [-0.15, -0.1) is 24.0 Å². The Balaban J connectivity index is 0.00000121. The highest BCUT2D eigenvalue weighted by Gasteiger charge is 2.14. The van der Waals surface area contributed by atoms with E-state index < -0.39 is 0 Å². The van der Waals surface area contributed by atoms with E-state index in [1.165, 1.54) is 25.9 Å². The van der Waals surface area contributed by atoms with Crippen LogP contribution in [-0.4, -0.2) is 37.5 Å². The van der Waals surface area contributed by atoms with E-state index in [-0.39, 0.29) is 24.0 Å². The van der Waals surface area contributed by atoms with Crippen molar-refractivity contribution in [2.45, 2.75) is 19.8 Å². The molecule has 4 heteroatoms. The largest absolute Gasteiger partial charge is 0.357 e. The standard InChI is InChI=1S/C8H17N3.HI/c1-3-10-8(9-2)11-6-4-5-7-11;/h3-7H2,1-2H3,(H,9,10);1H. The Morgan fingerprint density at radius 1 is 1.42 bits per heavy atom. The van der Waals surface area contributed by atoms with E-state index in [9.17, 15) is 0 Å². The first-order chi connectivity index (χ1) is 5.38. The molecular weight excluding hydrogens is 265 g/mol. The van der Waals surface area contributed by atoms with Crippen LogP contribution in [0.15, 0.2) is 4.99 Å². The van der Waals surface area contributed by atoms with Crippen LogP contribution in [-0.2, 0) is 0 Å². The molecule has 0 radical (unpaired) electrons. The fourth-order valence-electron chi connectivity index (χ4n) is 1.42. The minimum absolute atomic E-state index is 0. The average molecular weight is 283 g/mol. The molecule has 0 atom stereocenters. The number of rotatable bonds is 1. The number of hydrogen-bond acceptors (Lipinski definition) is 1. The Kier molecular flexibility index (Phi) is 6.51. The van der Waals surface area contributed by atoms with Gasteiger partial charge < -0.3 is 10.2 Å². The van der Waals surface area contributed by atoms with Gasteiger partial charge in [-0.2, -0.15) is 0 Å². The van der Waals surface area contributed by atoms with Crippen molar-refractivity contribution in [1.29, 1.82) is 0 Å². The number of nitrogens with one attached hydrogen (secondary N) is 1. The van der Waals surface area contributed by atoms with Gasteiger partial charge in [0.2, 0.25) is 0 Å². The SMILES string of the molecule is CCNC(=NC)N1CCCC1.I. The first kappa shape index (κ1) is 12.0. The lowest BCUT2D eigenvalue weighted by Gasteiger charge is -2.19. The summed E-state index contributed by atoms with van der Waals surface area (Å²) >= 11 is 0. The second-order valence-electron chi connectivity index (χ2n) is 2.77. The van der Waals surface area contributed by atoms with Gasteiger partial charge in [-0.1, -0.05) is 0 Å². The normalized spacial score (nSPS) is 17.5. The number of nitrogens with zero attached hydrogens (tertiary/aromatic N) is 2. The summed E-state index contributed by atoms with van der Waals surface area (Å²) in [4.78, 5) is 6.50. The first-order valence-electron chi connectivity index (χ1n) is 4.34. The Labute approximate surface area is 91.6 Å². The van der Waals surface area contributed by atoms with Gasteiger partial charge in [0.25, 0.3) is 0 Å². The number of aliphatic imine (C=N–C) groups is 1. The van der Waals surface area contributed by atoms with Crippen LogP contribution in [0.2, 0.25) is 0 Å². The van der Waals surface area contributed by atoms with Gasteiger partial charge in [-0.25, -0.2) is 0 Å². The van der Waals surface area contributed by atoms with Crippen molar-refractivity contribution >= 4 is 29.9 Å². The molecule has 0 bridgehead atoms. The van der Waals surface area contributed by atoms with E-state index in [4.69, 9.17) is 0 Å². The fourth-order valence-corrected chi connectivity index (χ4v) is 1.42. The Hall–Kier alpha value is 0. The predicted octanol–water partition coefficient (Wildman–Crippen LogP) is 1.30. The molecule has 0 aromatic rings. The molecule has 1 aliphatic heterocycles. The molecule has 0 unspecified atom stereocenters. The van der Waals surface area contributed by atoms with Crippen molar-refractivity contribution in [2.75, 3.05) is 26.7 Å². The molecule has 0 amide bonds. The summed E-state index contributed by atoms with van der Waals surface area (Å²) < 4.78 is 0. The summed E-state index contributed by atoms with van der Waals surface area (Å²) in [6, 6.07) is 0. The minimum Gasteiger partial charge on any atom is -0.357 e. The molecule has 1 saturated heterocycles. The first-order valence-corrected chi connectivity index (χ1v) is 4.34. The number of likely N-dealkylation sites (tertiary alicyclic amines) is 1. The molecule has 0 spiro atoms. The molecular formula is C8H18IN3. The zero-order valence-electron chi connectivity index (χ0n) is 7.84. The number of halogens is 1. The van der Waals surface area contributed by atoms with E-state index in [0.717, 1.165) is 12.5 Å². The summed E-state index contributed by atoms with van der Waals surface area (Å²) in [5, 5.41) is 3.25. The molecule has 1 heterocycles. The van der Waals surface area contributed by atoms with Gasteiger partial charge in [0.15, 0.2) is 5.96 Å². The molecule has 0 aromatic heterocycles. The zero-order valence-corrected chi connectivity index (χ0v) is 10.2. The summed E-state index contributed by atoms with van der Waals surface area (Å²) in [5.74, 6) is 1.06. The van der Waals surface area contributed by atoms with Crippen LogP contribution in [0.25, 0.3) is 0 Å². The molecule has 12 heavy (non-hydrogen) atoms. The quantitative estimate of drug-likeness (QED) is 0.446. The van der Waals surface area contributed by atoms with E-state index in [1.54, 1.807) is 0 Å². The molecule has 1 rings (SSSR count). The summed E-state index contributed by atoms with van der Waals surface area (Å²) in [6.45, 7) is 5.39. The lowest BCUT2D eigenvalue weighted by atomic mass is 10.4. The second-order valence-corrected chi connectivity index (χ2v) is 2.77. The highest BCUT2D eigenvalue weighted by atomic mass is 127. The van der Waals surface area contributed by atoms with Gasteiger partial charge in [-0.3, -0.25) is 4.99 Å². The third kappa shape index (κ3) is 3.16. The maximum absolute atomic E-state index is 4.19. The Morgan fingerprint density at radius 3 is 2.42 bits per heavy atom. The number of guanidine groups is 1. The number of hydrogen-bond donors (Lipinski definition) is 1. The summed E-state index contributed by atoms with van der Waals surface area (Å²) in [7, 11) is 1.84. The van der Waals surface area contributed by atoms with Crippen molar-refractivity contribution in [3.8, 4) is 0 Å². The van der Waals surface area contributed by atoms with Gasteiger partial charge in [0.1, 0.15) is 0 Å². The van der Waals surface area contributed by atoms with E-state index in [2.05, 4.69) is 22.1 Å². The van der Waals surface area contributed by atoms with Crippen LogP contribution in [0.5, 0.6) is 0 Å². The van der Waals surface area contributed by atoms with Crippen LogP contribution in [0, 0.1) is 0 Å². The van der Waals surface area contributed by atoms with Crippen molar-refractivity contribution in [3.05, 3.63) is 0 Å². The lowest BCUT2D eigenvalue weighted by Crippen LogP contribution is -2.39. The third-order valence-electron chi connectivity index (χ3n) is 1.95. The minimum atomic E-state index is 0. The maximum atomic E-state index is 4.19. The second kappa shape index (κ2) is 6.51. The molecule has 0 aliphatic carbocycles. The molecule has 0 saturated carbocycles. The summed E-state index contributed by atoms with van der Waals surface area (Å²) in [5.41, 5.74) is 0. The summed E-state index contributed by atoms with van der Waals surface area (Å²) in [6.07, 6.45) is 2.62. The molecule has 0 aromatic carbocycles. The van der Waals surface area contributed by atoms with Crippen molar-refractivity contribution in [3.63, 3.8) is 0 Å². The van der Waals surface area contributed by atoms with Gasteiger partial charge >= 0.3 is 0 Å². The van der Waals surface area contributed by atoms with Crippen LogP contribution in [0.1, 0.15) is 19.8 Å². The Morgan fingerprint density at radius 2 is 2.00 bits per heavy atom. The van der Waals surface area contributed by atoms with E-state index >= 15 is 0 Å². The third-order valence-corrected chi connectivity index (χ3v) is 1.95. The molecule has 72 valence electrons. The molecule has 3 nitrogen and oxygen atoms in total. The topological polar surface area (TPSA) is 27.6 Å². The molecule has 1 N–H and O–H groups in total. The van der Waals surface area contributed by atoms with Gasteiger partial charge in [0.05, 0.1) is 0 Å². The van der Waals surface area contributed by atoms with Crippen LogP contribution < -0.4 is 5.32 Å². The van der Waals surface area contributed by atoms with Crippen LogP contribution >= 0.6 is 24.0 Å². The van der Waals surface area contributed by atoms with Crippen LogP contribution in [0.3, 0.4) is 0 Å². The smallest absolute Gasteiger partial charge is 0.193 e. The van der Waals surface area contributed by atoms with E-state index in [0.29, 0.717) is 0 Å².